The Balaban J connectivity index is 2.72. The molecule has 0 spiro atoms. The Labute approximate surface area is 108 Å². The molecule has 0 amide bonds. The highest BCUT2D eigenvalue weighted by molar-refractivity contribution is 5.89. The van der Waals surface area contributed by atoms with Gasteiger partial charge in [-0.3, -0.25) is 0 Å². The van der Waals surface area contributed by atoms with E-state index in [1.54, 1.807) is 0 Å². The monoisotopic (exact) mass is 295 g/mol. The van der Waals surface area contributed by atoms with Gasteiger partial charge in [0.25, 0.3) is 0 Å². The molecule has 0 radical (unpaired) electrons. The van der Waals surface area contributed by atoms with Crippen LogP contribution in [0.1, 0.15) is 5.82 Å². The molecule has 20 heavy (non-hydrogen) atoms. The van der Waals surface area contributed by atoms with Crippen molar-refractivity contribution >= 4 is 16.7 Å². The van der Waals surface area contributed by atoms with Crippen LogP contribution in [-0.2, 0) is 5.92 Å². The van der Waals surface area contributed by atoms with Crippen LogP contribution in [-0.4, -0.2) is 23.2 Å². The Bertz CT molecular complexity index is 652. The van der Waals surface area contributed by atoms with Gasteiger partial charge in [-0.05, 0) is 18.2 Å². The SMILES string of the molecule is CNc1nc(C(F)(F)C(F)(F)F)nc2ccc(F)cc12. The van der Waals surface area contributed by atoms with E-state index >= 15 is 0 Å². The largest absolute Gasteiger partial charge is 0.461 e. The first kappa shape index (κ1) is 14.4. The number of alkyl halides is 5. The van der Waals surface area contributed by atoms with E-state index < -0.39 is 23.7 Å². The van der Waals surface area contributed by atoms with Crippen LogP contribution in [0.25, 0.3) is 10.9 Å². The minimum atomic E-state index is -5.81. The van der Waals surface area contributed by atoms with E-state index in [9.17, 15) is 26.3 Å². The molecular weight excluding hydrogens is 288 g/mol. The molecule has 1 aromatic heterocycles. The lowest BCUT2D eigenvalue weighted by Crippen LogP contribution is -2.35. The maximum Gasteiger partial charge on any atom is 0.461 e. The smallest absolute Gasteiger partial charge is 0.373 e. The lowest BCUT2D eigenvalue weighted by atomic mass is 10.2. The van der Waals surface area contributed by atoms with Gasteiger partial charge in [-0.2, -0.15) is 22.0 Å². The number of rotatable bonds is 2. The summed E-state index contributed by atoms with van der Waals surface area (Å²) in [5.41, 5.74) is -0.218. The van der Waals surface area contributed by atoms with Gasteiger partial charge in [0.15, 0.2) is 0 Å². The second-order valence-electron chi connectivity index (χ2n) is 3.88. The van der Waals surface area contributed by atoms with Crippen molar-refractivity contribution in [1.29, 1.82) is 0 Å². The van der Waals surface area contributed by atoms with Gasteiger partial charge in [0, 0.05) is 12.4 Å². The van der Waals surface area contributed by atoms with Gasteiger partial charge < -0.3 is 5.32 Å². The fourth-order valence-corrected chi connectivity index (χ4v) is 1.56. The van der Waals surface area contributed by atoms with Gasteiger partial charge in [0.1, 0.15) is 11.6 Å². The molecule has 0 fully saturated rings. The lowest BCUT2D eigenvalue weighted by Gasteiger charge is -2.19. The average Bonchev–Trinajstić information content (AvgIpc) is 2.36. The first-order valence-corrected chi connectivity index (χ1v) is 5.27. The molecule has 2 rings (SSSR count). The predicted molar refractivity (Wildman–Crippen MR) is 59.0 cm³/mol. The van der Waals surface area contributed by atoms with Crippen molar-refractivity contribution in [3.05, 3.63) is 29.8 Å². The van der Waals surface area contributed by atoms with Gasteiger partial charge >= 0.3 is 12.1 Å². The third-order valence-corrected chi connectivity index (χ3v) is 2.53. The molecule has 0 aliphatic heterocycles. The molecule has 0 atom stereocenters. The number of anilines is 1. The fraction of sp³-hybridized carbons (Fsp3) is 0.273. The minimum Gasteiger partial charge on any atom is -0.373 e. The Morgan fingerprint density at radius 2 is 1.70 bits per heavy atom. The molecule has 1 N–H and O–H groups in total. The molecule has 0 saturated carbocycles. The first-order chi connectivity index (χ1) is 9.16. The Morgan fingerprint density at radius 3 is 2.25 bits per heavy atom. The topological polar surface area (TPSA) is 37.8 Å². The summed E-state index contributed by atoms with van der Waals surface area (Å²) in [4.78, 5) is 6.32. The minimum absolute atomic E-state index is 0.00854. The molecule has 0 bridgehead atoms. The molecule has 3 nitrogen and oxygen atoms in total. The Hall–Kier alpha value is -2.06. The average molecular weight is 295 g/mol. The predicted octanol–water partition coefficient (Wildman–Crippen LogP) is 3.46. The standard InChI is InChI=1S/C11H7F6N3/c1-18-8-6-4-5(12)2-3-7(6)19-9(20-8)10(13,14)11(15,16)17/h2-4H,1H3,(H,18,19,20). The Kier molecular flexibility index (Phi) is 3.23. The summed E-state index contributed by atoms with van der Waals surface area (Å²) < 4.78 is 76.5. The molecular formula is C11H7F6N3. The summed E-state index contributed by atoms with van der Waals surface area (Å²) >= 11 is 0. The van der Waals surface area contributed by atoms with Crippen LogP contribution in [0, 0.1) is 5.82 Å². The van der Waals surface area contributed by atoms with Crippen molar-refractivity contribution in [2.75, 3.05) is 12.4 Å². The summed E-state index contributed by atoms with van der Waals surface area (Å²) in [6.07, 6.45) is -5.81. The van der Waals surface area contributed by atoms with Crippen molar-refractivity contribution in [2.45, 2.75) is 12.1 Å². The molecule has 0 aliphatic rings. The zero-order chi connectivity index (χ0) is 15.1. The summed E-state index contributed by atoms with van der Waals surface area (Å²) in [5.74, 6) is -7.88. The highest BCUT2D eigenvalue weighted by atomic mass is 19.4. The zero-order valence-electron chi connectivity index (χ0n) is 9.89. The third-order valence-electron chi connectivity index (χ3n) is 2.53. The van der Waals surface area contributed by atoms with Crippen molar-refractivity contribution in [3.63, 3.8) is 0 Å². The van der Waals surface area contributed by atoms with Crippen molar-refractivity contribution in [3.8, 4) is 0 Å². The second kappa shape index (κ2) is 4.50. The van der Waals surface area contributed by atoms with E-state index in [1.807, 2.05) is 0 Å². The fourth-order valence-electron chi connectivity index (χ4n) is 1.56. The van der Waals surface area contributed by atoms with Crippen LogP contribution in [0.2, 0.25) is 0 Å². The van der Waals surface area contributed by atoms with E-state index in [4.69, 9.17) is 0 Å². The molecule has 1 aromatic carbocycles. The highest BCUT2D eigenvalue weighted by Gasteiger charge is 2.61. The summed E-state index contributed by atoms with van der Waals surface area (Å²) in [6.45, 7) is 0. The van der Waals surface area contributed by atoms with E-state index in [2.05, 4.69) is 15.3 Å². The van der Waals surface area contributed by atoms with Crippen molar-refractivity contribution in [1.82, 2.24) is 9.97 Å². The number of nitrogens with one attached hydrogen (secondary N) is 1. The van der Waals surface area contributed by atoms with Gasteiger partial charge in [-0.25, -0.2) is 14.4 Å². The molecule has 0 aliphatic carbocycles. The number of fused-ring (bicyclic) bond motifs is 1. The number of aromatic nitrogens is 2. The molecule has 9 heteroatoms. The van der Waals surface area contributed by atoms with Gasteiger partial charge in [0.05, 0.1) is 5.52 Å². The summed E-state index contributed by atoms with van der Waals surface area (Å²) in [7, 11) is 1.27. The molecule has 0 unspecified atom stereocenters. The molecule has 1 heterocycles. The third kappa shape index (κ3) is 2.23. The number of halogens is 6. The second-order valence-corrected chi connectivity index (χ2v) is 3.88. The van der Waals surface area contributed by atoms with Gasteiger partial charge in [-0.1, -0.05) is 0 Å². The number of benzene rings is 1. The lowest BCUT2D eigenvalue weighted by molar-refractivity contribution is -0.292. The van der Waals surface area contributed by atoms with E-state index in [-0.39, 0.29) is 16.7 Å². The Morgan fingerprint density at radius 1 is 1.05 bits per heavy atom. The van der Waals surface area contributed by atoms with E-state index in [1.165, 1.54) is 7.05 Å². The number of hydrogen-bond acceptors (Lipinski definition) is 3. The molecule has 108 valence electrons. The van der Waals surface area contributed by atoms with Crippen LogP contribution in [0.3, 0.4) is 0 Å². The quantitative estimate of drug-likeness (QED) is 0.862. The van der Waals surface area contributed by atoms with Gasteiger partial charge in [0.2, 0.25) is 5.82 Å². The van der Waals surface area contributed by atoms with Crippen LogP contribution in [0.5, 0.6) is 0 Å². The van der Waals surface area contributed by atoms with Crippen LogP contribution < -0.4 is 5.32 Å². The normalized spacial score (nSPS) is 12.8. The van der Waals surface area contributed by atoms with Crippen LogP contribution in [0.4, 0.5) is 32.2 Å². The van der Waals surface area contributed by atoms with E-state index in [0.29, 0.717) is 0 Å². The summed E-state index contributed by atoms with van der Waals surface area (Å²) in [5, 5.41) is 2.35. The molecule has 2 aromatic rings. The van der Waals surface area contributed by atoms with E-state index in [0.717, 1.165) is 18.2 Å². The van der Waals surface area contributed by atoms with Crippen LogP contribution >= 0.6 is 0 Å². The van der Waals surface area contributed by atoms with Crippen LogP contribution in [0.15, 0.2) is 18.2 Å². The maximum atomic E-state index is 13.2. The van der Waals surface area contributed by atoms with Gasteiger partial charge in [-0.15, -0.1) is 0 Å². The zero-order valence-corrected chi connectivity index (χ0v) is 9.89. The highest BCUT2D eigenvalue weighted by Crippen LogP contribution is 2.43. The van der Waals surface area contributed by atoms with Crippen molar-refractivity contribution < 1.29 is 26.3 Å². The number of nitrogens with zero attached hydrogens (tertiary/aromatic N) is 2. The summed E-state index contributed by atoms with van der Waals surface area (Å²) in [6, 6.07) is 2.85. The molecule has 0 saturated heterocycles. The maximum absolute atomic E-state index is 13.2. The number of hydrogen-bond donors (Lipinski definition) is 1. The van der Waals surface area contributed by atoms with Crippen molar-refractivity contribution in [2.24, 2.45) is 0 Å². The first-order valence-electron chi connectivity index (χ1n) is 5.27.